The molecule has 2 heteroatoms. The highest BCUT2D eigenvalue weighted by Crippen LogP contribution is 2.44. The van der Waals surface area contributed by atoms with E-state index in [-0.39, 0.29) is 0 Å². The highest BCUT2D eigenvalue weighted by molar-refractivity contribution is 5.26. The Labute approximate surface area is 104 Å². The Morgan fingerprint density at radius 2 is 2.00 bits per heavy atom. The highest BCUT2D eigenvalue weighted by Gasteiger charge is 2.36. The van der Waals surface area contributed by atoms with E-state index in [4.69, 9.17) is 0 Å². The van der Waals surface area contributed by atoms with Crippen LogP contribution < -0.4 is 5.32 Å². The lowest BCUT2D eigenvalue weighted by atomic mass is 9.98. The Bertz CT molecular complexity index is 378. The lowest BCUT2D eigenvalue weighted by Gasteiger charge is -2.35. The molecule has 0 spiro atoms. The van der Waals surface area contributed by atoms with E-state index in [1.54, 1.807) is 0 Å². The first-order chi connectivity index (χ1) is 8.34. The molecule has 2 nitrogen and oxygen atoms in total. The third-order valence-corrected chi connectivity index (χ3v) is 4.00. The Hall–Kier alpha value is -0.860. The summed E-state index contributed by atoms with van der Waals surface area (Å²) in [6, 6.07) is 9.79. The lowest BCUT2D eigenvalue weighted by Crippen LogP contribution is -2.45. The zero-order chi connectivity index (χ0) is 11.7. The van der Waals surface area contributed by atoms with E-state index >= 15 is 0 Å². The summed E-state index contributed by atoms with van der Waals surface area (Å²) >= 11 is 0. The summed E-state index contributed by atoms with van der Waals surface area (Å²) in [4.78, 5) is 2.68. The molecule has 1 aromatic carbocycles. The van der Waals surface area contributed by atoms with Gasteiger partial charge >= 0.3 is 0 Å². The minimum atomic E-state index is 0.678. The summed E-state index contributed by atoms with van der Waals surface area (Å²) in [5.41, 5.74) is 2.93. The van der Waals surface area contributed by atoms with Crippen molar-refractivity contribution in [1.82, 2.24) is 10.2 Å². The number of rotatable bonds is 3. The van der Waals surface area contributed by atoms with Crippen LogP contribution in [0.2, 0.25) is 0 Å². The fourth-order valence-electron chi connectivity index (χ4n) is 3.01. The highest BCUT2D eigenvalue weighted by atomic mass is 15.2. The molecular formula is C15H22N2. The molecule has 1 heterocycles. The van der Waals surface area contributed by atoms with E-state index < -0.39 is 0 Å². The van der Waals surface area contributed by atoms with Crippen LogP contribution in [0.5, 0.6) is 0 Å². The molecule has 1 saturated heterocycles. The zero-order valence-corrected chi connectivity index (χ0v) is 10.7. The maximum Gasteiger partial charge on any atom is 0.0377 e. The number of piperazine rings is 1. The van der Waals surface area contributed by atoms with Crippen LogP contribution in [0.15, 0.2) is 24.3 Å². The smallest absolute Gasteiger partial charge is 0.0377 e. The Morgan fingerprint density at radius 3 is 2.65 bits per heavy atom. The number of nitrogens with one attached hydrogen (secondary N) is 1. The van der Waals surface area contributed by atoms with Crippen LogP contribution in [0.4, 0.5) is 0 Å². The van der Waals surface area contributed by atoms with Gasteiger partial charge in [0.05, 0.1) is 0 Å². The van der Waals surface area contributed by atoms with Crippen LogP contribution in [0.25, 0.3) is 0 Å². The molecule has 17 heavy (non-hydrogen) atoms. The summed E-state index contributed by atoms with van der Waals surface area (Å²) in [5, 5.41) is 3.45. The second-order valence-electron chi connectivity index (χ2n) is 5.48. The molecule has 1 saturated carbocycles. The second-order valence-corrected chi connectivity index (χ2v) is 5.48. The molecule has 0 amide bonds. The Morgan fingerprint density at radius 1 is 1.24 bits per heavy atom. The predicted octanol–water partition coefficient (Wildman–Crippen LogP) is 2.35. The van der Waals surface area contributed by atoms with Crippen LogP contribution in [0.1, 0.15) is 30.0 Å². The molecule has 0 bridgehead atoms. The van der Waals surface area contributed by atoms with E-state index in [9.17, 15) is 0 Å². The van der Waals surface area contributed by atoms with Gasteiger partial charge in [0.2, 0.25) is 0 Å². The van der Waals surface area contributed by atoms with Crippen LogP contribution in [-0.2, 0) is 0 Å². The maximum atomic E-state index is 3.45. The van der Waals surface area contributed by atoms with E-state index in [0.717, 1.165) is 19.0 Å². The Balaban J connectivity index is 1.83. The molecule has 1 aliphatic heterocycles. The van der Waals surface area contributed by atoms with Crippen molar-refractivity contribution in [2.75, 3.05) is 26.2 Å². The van der Waals surface area contributed by atoms with Gasteiger partial charge in [-0.3, -0.25) is 4.90 Å². The van der Waals surface area contributed by atoms with Crippen molar-refractivity contribution in [3.05, 3.63) is 35.4 Å². The van der Waals surface area contributed by atoms with Crippen molar-refractivity contribution >= 4 is 0 Å². The topological polar surface area (TPSA) is 15.3 Å². The van der Waals surface area contributed by atoms with Crippen molar-refractivity contribution in [3.63, 3.8) is 0 Å². The van der Waals surface area contributed by atoms with E-state index in [1.807, 2.05) is 0 Å². The van der Waals surface area contributed by atoms with E-state index in [1.165, 1.54) is 37.1 Å². The Kier molecular flexibility index (Phi) is 3.17. The van der Waals surface area contributed by atoms with Gasteiger partial charge in [-0.1, -0.05) is 29.8 Å². The zero-order valence-electron chi connectivity index (χ0n) is 10.7. The first kappa shape index (κ1) is 11.2. The largest absolute Gasteiger partial charge is 0.314 e. The summed E-state index contributed by atoms with van der Waals surface area (Å²) in [7, 11) is 0. The van der Waals surface area contributed by atoms with Crippen molar-refractivity contribution in [3.8, 4) is 0 Å². The number of hydrogen-bond donors (Lipinski definition) is 1. The summed E-state index contributed by atoms with van der Waals surface area (Å²) in [5.74, 6) is 0.912. The molecule has 92 valence electrons. The SMILES string of the molecule is Cc1cccc([C@H](C2CC2)N2CCNCC2)c1. The van der Waals surface area contributed by atoms with Gasteiger partial charge in [-0.2, -0.15) is 0 Å². The van der Waals surface area contributed by atoms with Crippen LogP contribution in [0, 0.1) is 12.8 Å². The molecule has 0 radical (unpaired) electrons. The molecule has 1 aromatic rings. The van der Waals surface area contributed by atoms with Crippen LogP contribution >= 0.6 is 0 Å². The van der Waals surface area contributed by atoms with Crippen molar-refractivity contribution in [1.29, 1.82) is 0 Å². The van der Waals surface area contributed by atoms with Gasteiger partial charge in [0.15, 0.2) is 0 Å². The van der Waals surface area contributed by atoms with Gasteiger partial charge in [0.25, 0.3) is 0 Å². The first-order valence-corrected chi connectivity index (χ1v) is 6.86. The average Bonchev–Trinajstić information content (AvgIpc) is 3.15. The van der Waals surface area contributed by atoms with Crippen molar-refractivity contribution < 1.29 is 0 Å². The van der Waals surface area contributed by atoms with Gasteiger partial charge in [-0.05, 0) is 31.2 Å². The summed E-state index contributed by atoms with van der Waals surface area (Å²) in [6.07, 6.45) is 2.84. The minimum absolute atomic E-state index is 0.678. The van der Waals surface area contributed by atoms with Gasteiger partial charge in [0, 0.05) is 32.2 Å². The van der Waals surface area contributed by atoms with Gasteiger partial charge in [-0.15, -0.1) is 0 Å². The second kappa shape index (κ2) is 4.79. The molecule has 2 aliphatic rings. The molecule has 3 rings (SSSR count). The molecule has 0 aromatic heterocycles. The number of nitrogens with zero attached hydrogens (tertiary/aromatic N) is 1. The van der Waals surface area contributed by atoms with Crippen LogP contribution in [-0.4, -0.2) is 31.1 Å². The fraction of sp³-hybridized carbons (Fsp3) is 0.600. The third kappa shape index (κ3) is 2.53. The summed E-state index contributed by atoms with van der Waals surface area (Å²) in [6.45, 7) is 6.90. The first-order valence-electron chi connectivity index (χ1n) is 6.86. The average molecular weight is 230 g/mol. The van der Waals surface area contributed by atoms with Gasteiger partial charge in [-0.25, -0.2) is 0 Å². The van der Waals surface area contributed by atoms with Gasteiger partial charge < -0.3 is 5.32 Å². The van der Waals surface area contributed by atoms with Crippen LogP contribution in [0.3, 0.4) is 0 Å². The van der Waals surface area contributed by atoms with E-state index in [0.29, 0.717) is 6.04 Å². The predicted molar refractivity (Wildman–Crippen MR) is 71.1 cm³/mol. The third-order valence-electron chi connectivity index (χ3n) is 4.00. The summed E-state index contributed by atoms with van der Waals surface area (Å²) < 4.78 is 0. The molecular weight excluding hydrogens is 208 g/mol. The van der Waals surface area contributed by atoms with Crippen molar-refractivity contribution in [2.45, 2.75) is 25.8 Å². The van der Waals surface area contributed by atoms with E-state index in [2.05, 4.69) is 41.4 Å². The molecule has 1 aliphatic carbocycles. The number of aryl methyl sites for hydroxylation is 1. The molecule has 0 unspecified atom stereocenters. The fourth-order valence-corrected chi connectivity index (χ4v) is 3.01. The number of hydrogen-bond acceptors (Lipinski definition) is 2. The normalized spacial score (nSPS) is 23.6. The lowest BCUT2D eigenvalue weighted by molar-refractivity contribution is 0.156. The van der Waals surface area contributed by atoms with Gasteiger partial charge in [0.1, 0.15) is 0 Å². The quantitative estimate of drug-likeness (QED) is 0.857. The minimum Gasteiger partial charge on any atom is -0.314 e. The molecule has 1 atom stereocenters. The monoisotopic (exact) mass is 230 g/mol. The molecule has 2 fully saturated rings. The number of benzene rings is 1. The maximum absolute atomic E-state index is 3.45. The standard InChI is InChI=1S/C15H22N2/c1-12-3-2-4-14(11-12)15(13-5-6-13)17-9-7-16-8-10-17/h2-4,11,13,15-16H,5-10H2,1H3/t15-/m0/s1. The molecule has 1 N–H and O–H groups in total. The van der Waals surface area contributed by atoms with Crippen molar-refractivity contribution in [2.24, 2.45) is 5.92 Å².